The number of aromatic nitrogens is 1. The van der Waals surface area contributed by atoms with Gasteiger partial charge in [0.1, 0.15) is 0 Å². The monoisotopic (exact) mass is 726 g/mol. The van der Waals surface area contributed by atoms with Crippen LogP contribution in [0, 0.1) is 0 Å². The van der Waals surface area contributed by atoms with Crippen LogP contribution in [0.15, 0.2) is 194 Å². The molecular formula is C55H38N2. The van der Waals surface area contributed by atoms with Crippen LogP contribution in [0.2, 0.25) is 0 Å². The fourth-order valence-electron chi connectivity index (χ4n) is 9.99. The van der Waals surface area contributed by atoms with E-state index in [9.17, 15) is 0 Å². The lowest BCUT2D eigenvalue weighted by molar-refractivity contribution is 0.632. The van der Waals surface area contributed by atoms with Crippen molar-refractivity contribution < 1.29 is 0 Å². The first kappa shape index (κ1) is 32.1. The molecule has 0 unspecified atom stereocenters. The van der Waals surface area contributed by atoms with Crippen molar-refractivity contribution in [2.45, 2.75) is 19.3 Å². The Hall–Kier alpha value is -7.16. The van der Waals surface area contributed by atoms with Crippen molar-refractivity contribution in [1.29, 1.82) is 0 Å². The van der Waals surface area contributed by atoms with Crippen LogP contribution in [-0.2, 0) is 5.41 Å². The number of hydrogen-bond acceptors (Lipinski definition) is 1. The van der Waals surface area contributed by atoms with Gasteiger partial charge in [-0.3, -0.25) is 0 Å². The minimum Gasteiger partial charge on any atom is -0.309 e. The fourth-order valence-corrected chi connectivity index (χ4v) is 9.99. The third-order valence-corrected chi connectivity index (χ3v) is 12.7. The molecule has 11 aromatic rings. The van der Waals surface area contributed by atoms with Crippen molar-refractivity contribution >= 4 is 82.0 Å². The lowest BCUT2D eigenvalue weighted by Gasteiger charge is -2.42. The van der Waals surface area contributed by atoms with E-state index in [1.54, 1.807) is 0 Å². The highest BCUT2D eigenvalue weighted by Crippen LogP contribution is 2.54. The molecule has 0 fully saturated rings. The zero-order valence-electron chi connectivity index (χ0n) is 31.9. The molecule has 0 spiro atoms. The molecule has 0 amide bonds. The van der Waals surface area contributed by atoms with Gasteiger partial charge in [-0.15, -0.1) is 0 Å². The molecule has 2 heteroatoms. The molecule has 0 atom stereocenters. The van der Waals surface area contributed by atoms with Crippen molar-refractivity contribution in [2.24, 2.45) is 0 Å². The van der Waals surface area contributed by atoms with Crippen LogP contribution >= 0.6 is 0 Å². The van der Waals surface area contributed by atoms with E-state index in [4.69, 9.17) is 0 Å². The first-order valence-corrected chi connectivity index (χ1v) is 19.9. The Bertz CT molecular complexity index is 3460. The topological polar surface area (TPSA) is 8.17 Å². The summed E-state index contributed by atoms with van der Waals surface area (Å²) < 4.78 is 2.47. The van der Waals surface area contributed by atoms with Crippen molar-refractivity contribution in [3.63, 3.8) is 0 Å². The molecule has 12 rings (SSSR count). The molecule has 0 bridgehead atoms. The number of para-hydroxylation sites is 2. The Kier molecular flexibility index (Phi) is 6.72. The second-order valence-corrected chi connectivity index (χ2v) is 16.1. The van der Waals surface area contributed by atoms with E-state index in [0.29, 0.717) is 0 Å². The van der Waals surface area contributed by atoms with E-state index in [0.717, 1.165) is 0 Å². The van der Waals surface area contributed by atoms with Gasteiger partial charge in [0.2, 0.25) is 0 Å². The Morgan fingerprint density at radius 1 is 0.316 bits per heavy atom. The van der Waals surface area contributed by atoms with E-state index in [2.05, 4.69) is 217 Å². The molecule has 1 aliphatic rings. The number of benzene rings is 10. The summed E-state index contributed by atoms with van der Waals surface area (Å²) in [5.74, 6) is 0. The van der Waals surface area contributed by atoms with Crippen LogP contribution in [0.3, 0.4) is 0 Å². The number of hydrogen-bond donors (Lipinski definition) is 0. The van der Waals surface area contributed by atoms with Gasteiger partial charge >= 0.3 is 0 Å². The quantitative estimate of drug-likeness (QED) is 0.165. The van der Waals surface area contributed by atoms with Gasteiger partial charge in [0.15, 0.2) is 0 Å². The number of nitrogens with zero attached hydrogens (tertiary/aromatic N) is 2. The number of rotatable bonds is 3. The van der Waals surface area contributed by atoms with Crippen molar-refractivity contribution in [3.05, 3.63) is 205 Å². The first-order valence-electron chi connectivity index (χ1n) is 19.9. The predicted octanol–water partition coefficient (Wildman–Crippen LogP) is 15.2. The van der Waals surface area contributed by atoms with Gasteiger partial charge in [-0.1, -0.05) is 159 Å². The molecule has 268 valence electrons. The highest BCUT2D eigenvalue weighted by atomic mass is 15.2. The van der Waals surface area contributed by atoms with E-state index in [-0.39, 0.29) is 5.41 Å². The third-order valence-electron chi connectivity index (χ3n) is 12.7. The molecule has 10 aromatic carbocycles. The lowest BCUT2D eigenvalue weighted by atomic mass is 9.72. The van der Waals surface area contributed by atoms with Crippen LogP contribution in [0.1, 0.15) is 25.0 Å². The standard InChI is InChI=1S/C55H38N2/c1-55(2)47-24-12-14-26-51(47)57(54-34-38-16-4-6-18-40(38)42-20-8-10-22-44(42)54)52-30-28-36(32-48(52)55)35-27-29-50-46(31-35)45-23-11-13-25-49(45)56(50)53-33-37-15-3-5-17-39(37)41-19-7-9-21-43(41)53/h3-34H,1-2H3. The molecular weight excluding hydrogens is 689 g/mol. The minimum absolute atomic E-state index is 0.220. The molecule has 0 saturated carbocycles. The van der Waals surface area contributed by atoms with Crippen molar-refractivity contribution in [2.75, 3.05) is 4.90 Å². The number of fused-ring (bicyclic) bond motifs is 11. The second kappa shape index (κ2) is 11.9. The summed E-state index contributed by atoms with van der Waals surface area (Å²) in [6, 6.07) is 72.0. The lowest BCUT2D eigenvalue weighted by Crippen LogP contribution is -2.30. The molecule has 1 aromatic heterocycles. The smallest absolute Gasteiger partial charge is 0.0546 e. The van der Waals surface area contributed by atoms with E-state index in [1.165, 1.54) is 110 Å². The second-order valence-electron chi connectivity index (χ2n) is 16.1. The third kappa shape index (κ3) is 4.59. The first-order chi connectivity index (χ1) is 28.0. The normalized spacial score (nSPS) is 13.5. The number of anilines is 3. The summed E-state index contributed by atoms with van der Waals surface area (Å²) in [4.78, 5) is 2.51. The van der Waals surface area contributed by atoms with Gasteiger partial charge in [-0.05, 0) is 103 Å². The average Bonchev–Trinajstić information content (AvgIpc) is 3.59. The maximum Gasteiger partial charge on any atom is 0.0546 e. The summed E-state index contributed by atoms with van der Waals surface area (Å²) in [7, 11) is 0. The Labute approximate surface area is 331 Å². The molecule has 57 heavy (non-hydrogen) atoms. The van der Waals surface area contributed by atoms with Crippen LogP contribution in [0.5, 0.6) is 0 Å². The highest BCUT2D eigenvalue weighted by molar-refractivity contribution is 6.17. The fraction of sp³-hybridized carbons (Fsp3) is 0.0545. The molecule has 2 heterocycles. The van der Waals surface area contributed by atoms with E-state index < -0.39 is 0 Å². The van der Waals surface area contributed by atoms with Crippen molar-refractivity contribution in [3.8, 4) is 16.8 Å². The SMILES string of the molecule is CC1(C)c2ccccc2N(c2cc3ccccc3c3ccccc23)c2ccc(-c3ccc4c(c3)c3ccccc3n4-c3cc4ccccc4c4ccccc34)cc21. The van der Waals surface area contributed by atoms with Gasteiger partial charge in [0.05, 0.1) is 33.8 Å². The molecule has 0 aliphatic carbocycles. The maximum atomic E-state index is 2.51. The van der Waals surface area contributed by atoms with Crippen molar-refractivity contribution in [1.82, 2.24) is 4.57 Å². The molecule has 1 aliphatic heterocycles. The Morgan fingerprint density at radius 3 is 1.53 bits per heavy atom. The summed E-state index contributed by atoms with van der Waals surface area (Å²) in [6.45, 7) is 4.77. The summed E-state index contributed by atoms with van der Waals surface area (Å²) >= 11 is 0. The maximum absolute atomic E-state index is 2.51. The van der Waals surface area contributed by atoms with Gasteiger partial charge < -0.3 is 9.47 Å². The molecule has 0 N–H and O–H groups in total. The molecule has 0 radical (unpaired) electrons. The van der Waals surface area contributed by atoms with Crippen LogP contribution in [-0.4, -0.2) is 4.57 Å². The minimum atomic E-state index is -0.220. The van der Waals surface area contributed by atoms with E-state index in [1.807, 2.05) is 0 Å². The summed E-state index contributed by atoms with van der Waals surface area (Å²) in [5.41, 5.74) is 12.2. The van der Waals surface area contributed by atoms with Gasteiger partial charge in [-0.2, -0.15) is 0 Å². The largest absolute Gasteiger partial charge is 0.309 e. The predicted molar refractivity (Wildman–Crippen MR) is 243 cm³/mol. The molecule has 2 nitrogen and oxygen atoms in total. The zero-order chi connectivity index (χ0) is 37.8. The van der Waals surface area contributed by atoms with Crippen LogP contribution in [0.25, 0.3) is 81.7 Å². The Balaban J connectivity index is 1.07. The molecule has 0 saturated heterocycles. The van der Waals surface area contributed by atoms with Gasteiger partial charge in [0.25, 0.3) is 0 Å². The Morgan fingerprint density at radius 2 is 0.807 bits per heavy atom. The average molecular weight is 727 g/mol. The van der Waals surface area contributed by atoms with Gasteiger partial charge in [0, 0.05) is 27.0 Å². The van der Waals surface area contributed by atoms with Gasteiger partial charge in [-0.25, -0.2) is 0 Å². The van der Waals surface area contributed by atoms with E-state index >= 15 is 0 Å². The van der Waals surface area contributed by atoms with Crippen LogP contribution < -0.4 is 4.90 Å². The summed E-state index contributed by atoms with van der Waals surface area (Å²) in [5, 5.41) is 12.6. The zero-order valence-corrected chi connectivity index (χ0v) is 31.9. The highest BCUT2D eigenvalue weighted by Gasteiger charge is 2.37. The summed E-state index contributed by atoms with van der Waals surface area (Å²) in [6.07, 6.45) is 0. The van der Waals surface area contributed by atoms with Crippen LogP contribution in [0.4, 0.5) is 17.1 Å².